The topological polar surface area (TPSA) is 76.0 Å². The third kappa shape index (κ3) is 7.33. The van der Waals surface area contributed by atoms with Crippen LogP contribution in [0.3, 0.4) is 0 Å². The minimum Gasteiger partial charge on any atom is -0.544 e. The molecule has 0 amide bonds. The molecule has 0 aromatic heterocycles. The van der Waals surface area contributed by atoms with Crippen molar-refractivity contribution in [1.29, 1.82) is 0 Å². The number of ether oxygens (including phenoxy) is 1. The number of aliphatic carboxylic acids is 1. The lowest BCUT2D eigenvalue weighted by Gasteiger charge is -2.36. The van der Waals surface area contributed by atoms with E-state index in [1.165, 1.54) is 0 Å². The Hall–Kier alpha value is -1.89. The van der Waals surface area contributed by atoms with Crippen LogP contribution in [0.4, 0.5) is 0 Å². The van der Waals surface area contributed by atoms with E-state index in [1.807, 2.05) is 18.2 Å². The van der Waals surface area contributed by atoms with Crippen molar-refractivity contribution in [2.75, 3.05) is 0 Å². The van der Waals surface area contributed by atoms with Gasteiger partial charge < -0.3 is 19.4 Å². The van der Waals surface area contributed by atoms with Gasteiger partial charge in [-0.25, -0.2) is 0 Å². The number of benzene rings is 1. The summed E-state index contributed by atoms with van der Waals surface area (Å²) in [6, 6.07) is 8.21. The molecule has 2 saturated heterocycles. The second kappa shape index (κ2) is 12.1. The normalized spacial score (nSPS) is 26.1. The summed E-state index contributed by atoms with van der Waals surface area (Å²) in [5.74, 6) is 0.883. The standard InChI is InChI=1S/C30H46O5Si/c1-21(22-13-15-23(16-14-22)35-36(5,6)30(2,3)4)26(31)18-17-25-24(27-19-20-28(25)34-27)11-9-7-8-10-12-29(32)33/h7,9,13-18,21,24-28,31H,8,10-12,19-20H2,1-6H3,(H,32,33)/t21?,24-,25+,26?,27-,28+/m0/s1. The molecule has 2 unspecified atom stereocenters. The minimum atomic E-state index is -1.88. The number of carboxylic acids is 1. The van der Waals surface area contributed by atoms with Crippen LogP contribution in [0.2, 0.25) is 18.1 Å². The van der Waals surface area contributed by atoms with Crippen molar-refractivity contribution in [3.63, 3.8) is 0 Å². The van der Waals surface area contributed by atoms with E-state index in [0.717, 1.165) is 37.0 Å². The predicted molar refractivity (Wildman–Crippen MR) is 148 cm³/mol. The Morgan fingerprint density at radius 1 is 1.17 bits per heavy atom. The van der Waals surface area contributed by atoms with Crippen LogP contribution in [-0.2, 0) is 9.53 Å². The Balaban J connectivity index is 1.56. The van der Waals surface area contributed by atoms with E-state index < -0.39 is 20.4 Å². The van der Waals surface area contributed by atoms with Gasteiger partial charge in [-0.2, -0.15) is 0 Å². The lowest BCUT2D eigenvalue weighted by molar-refractivity contribution is -0.137. The molecule has 3 rings (SSSR count). The first-order valence-corrected chi connectivity index (χ1v) is 16.5. The summed E-state index contributed by atoms with van der Waals surface area (Å²) in [4.78, 5) is 10.7. The number of aliphatic hydroxyl groups is 1. The Morgan fingerprint density at radius 2 is 1.83 bits per heavy atom. The second-order valence-corrected chi connectivity index (χ2v) is 16.8. The van der Waals surface area contributed by atoms with Gasteiger partial charge in [-0.1, -0.05) is 64.1 Å². The summed E-state index contributed by atoms with van der Waals surface area (Å²) in [7, 11) is -1.88. The SMILES string of the molecule is CC(c1ccc(O[Si](C)(C)C(C)(C)C)cc1)C(O)C=C[C@@H]1[C@H](CC=CCCCC(=O)O)[C@@H]2CC[C@H]1O2. The average Bonchev–Trinajstić information content (AvgIpc) is 3.40. The molecule has 2 fully saturated rings. The molecule has 6 atom stereocenters. The smallest absolute Gasteiger partial charge is 0.303 e. The summed E-state index contributed by atoms with van der Waals surface area (Å²) in [5, 5.41) is 19.9. The van der Waals surface area contributed by atoms with Crippen LogP contribution in [0.5, 0.6) is 5.75 Å². The fraction of sp³-hybridized carbons (Fsp3) is 0.633. The fourth-order valence-corrected chi connectivity index (χ4v) is 6.05. The van der Waals surface area contributed by atoms with Crippen molar-refractivity contribution in [1.82, 2.24) is 0 Å². The molecule has 0 saturated carbocycles. The maximum atomic E-state index is 11.0. The zero-order chi connectivity index (χ0) is 26.5. The maximum Gasteiger partial charge on any atom is 0.303 e. The van der Waals surface area contributed by atoms with Crippen LogP contribution >= 0.6 is 0 Å². The van der Waals surface area contributed by atoms with Gasteiger partial charge in [-0.3, -0.25) is 4.79 Å². The molecule has 0 aliphatic carbocycles. The highest BCUT2D eigenvalue weighted by Gasteiger charge is 2.47. The van der Waals surface area contributed by atoms with Crippen LogP contribution in [0.1, 0.15) is 77.7 Å². The van der Waals surface area contributed by atoms with E-state index in [9.17, 15) is 9.90 Å². The quantitative estimate of drug-likeness (QED) is 0.177. The lowest BCUT2D eigenvalue weighted by Crippen LogP contribution is -2.43. The van der Waals surface area contributed by atoms with Crippen LogP contribution in [0.25, 0.3) is 0 Å². The molecule has 200 valence electrons. The van der Waals surface area contributed by atoms with Crippen molar-refractivity contribution in [2.24, 2.45) is 11.8 Å². The van der Waals surface area contributed by atoms with Crippen LogP contribution in [0, 0.1) is 11.8 Å². The van der Waals surface area contributed by atoms with E-state index in [2.05, 4.69) is 71.1 Å². The van der Waals surface area contributed by atoms with Crippen molar-refractivity contribution in [2.45, 2.75) is 109 Å². The molecule has 5 nitrogen and oxygen atoms in total. The van der Waals surface area contributed by atoms with Gasteiger partial charge in [-0.05, 0) is 73.9 Å². The Bertz CT molecular complexity index is 914. The lowest BCUT2D eigenvalue weighted by atomic mass is 9.77. The van der Waals surface area contributed by atoms with Crippen LogP contribution < -0.4 is 4.43 Å². The third-order valence-electron chi connectivity index (χ3n) is 8.45. The summed E-state index contributed by atoms with van der Waals surface area (Å²) >= 11 is 0. The molecule has 0 radical (unpaired) electrons. The molecule has 2 aliphatic rings. The van der Waals surface area contributed by atoms with Crippen molar-refractivity contribution < 1.29 is 24.2 Å². The first-order valence-electron chi connectivity index (χ1n) is 13.6. The first kappa shape index (κ1) is 28.7. The van der Waals surface area contributed by atoms with Gasteiger partial charge in [0.05, 0.1) is 18.3 Å². The number of fused-ring (bicyclic) bond motifs is 2. The molecular formula is C30H46O5Si. The molecule has 36 heavy (non-hydrogen) atoms. The minimum absolute atomic E-state index is 0.0183. The number of aliphatic hydroxyl groups excluding tert-OH is 1. The maximum absolute atomic E-state index is 11.0. The fourth-order valence-electron chi connectivity index (χ4n) is 5.02. The Morgan fingerprint density at radius 3 is 2.47 bits per heavy atom. The predicted octanol–water partition coefficient (Wildman–Crippen LogP) is 7.09. The van der Waals surface area contributed by atoms with Gasteiger partial charge >= 0.3 is 5.97 Å². The molecule has 2 heterocycles. The second-order valence-electron chi connectivity index (χ2n) is 12.1. The highest BCUT2D eigenvalue weighted by atomic mass is 28.4. The number of carbonyl (C=O) groups is 1. The van der Waals surface area contributed by atoms with Gasteiger partial charge in [0.1, 0.15) is 5.75 Å². The first-order chi connectivity index (χ1) is 16.9. The zero-order valence-electron chi connectivity index (χ0n) is 22.9. The molecule has 1 aromatic rings. The highest BCUT2D eigenvalue weighted by molar-refractivity contribution is 6.74. The molecule has 2 bridgehead atoms. The van der Waals surface area contributed by atoms with Crippen LogP contribution in [-0.4, -0.2) is 42.8 Å². The molecule has 6 heteroatoms. The molecule has 2 N–H and O–H groups in total. The molecule has 0 spiro atoms. The van der Waals surface area contributed by atoms with Crippen molar-refractivity contribution in [3.8, 4) is 5.75 Å². The van der Waals surface area contributed by atoms with E-state index in [-0.39, 0.29) is 29.6 Å². The monoisotopic (exact) mass is 514 g/mol. The number of hydrogen-bond donors (Lipinski definition) is 2. The summed E-state index contributed by atoms with van der Waals surface area (Å²) in [6.45, 7) is 13.3. The van der Waals surface area contributed by atoms with Crippen LogP contribution in [0.15, 0.2) is 48.6 Å². The number of unbranched alkanes of at least 4 members (excludes halogenated alkanes) is 1. The molecule has 1 aromatic carbocycles. The number of hydrogen-bond acceptors (Lipinski definition) is 4. The number of carboxylic acid groups (broad SMARTS) is 1. The van der Waals surface area contributed by atoms with Crippen molar-refractivity contribution in [3.05, 3.63) is 54.1 Å². The molecule has 2 aliphatic heterocycles. The third-order valence-corrected chi connectivity index (χ3v) is 12.8. The molecular weight excluding hydrogens is 468 g/mol. The largest absolute Gasteiger partial charge is 0.544 e. The number of allylic oxidation sites excluding steroid dienone is 2. The van der Waals surface area contributed by atoms with Gasteiger partial charge in [0.2, 0.25) is 8.32 Å². The summed E-state index contributed by atoms with van der Waals surface area (Å²) < 4.78 is 12.6. The van der Waals surface area contributed by atoms with E-state index in [0.29, 0.717) is 18.3 Å². The van der Waals surface area contributed by atoms with E-state index >= 15 is 0 Å². The zero-order valence-corrected chi connectivity index (χ0v) is 23.9. The van der Waals surface area contributed by atoms with E-state index in [4.69, 9.17) is 14.3 Å². The van der Waals surface area contributed by atoms with Gasteiger partial charge in [-0.15, -0.1) is 0 Å². The highest BCUT2D eigenvalue weighted by Crippen LogP contribution is 2.46. The van der Waals surface area contributed by atoms with Gasteiger partial charge in [0, 0.05) is 18.3 Å². The van der Waals surface area contributed by atoms with Gasteiger partial charge in [0.25, 0.3) is 0 Å². The number of rotatable bonds is 12. The Kier molecular flexibility index (Phi) is 9.64. The van der Waals surface area contributed by atoms with E-state index in [1.54, 1.807) is 0 Å². The summed E-state index contributed by atoms with van der Waals surface area (Å²) in [6.07, 6.45) is 13.2. The van der Waals surface area contributed by atoms with Gasteiger partial charge in [0.15, 0.2) is 0 Å². The summed E-state index contributed by atoms with van der Waals surface area (Å²) in [5.41, 5.74) is 1.10. The van der Waals surface area contributed by atoms with Crippen molar-refractivity contribution >= 4 is 14.3 Å². The Labute approximate surface area is 218 Å². The average molecular weight is 515 g/mol.